The molecule has 16 rings (SSSR count). The van der Waals surface area contributed by atoms with Gasteiger partial charge in [0.15, 0.2) is 22.2 Å². The normalized spacial score (nSPS) is 17.1. The second-order valence-electron chi connectivity index (χ2n) is 30.3. The van der Waals surface area contributed by atoms with Crippen LogP contribution in [-0.2, 0) is 55.6 Å². The molecule has 0 spiro atoms. The molecule has 4 aromatic carbocycles. The highest BCUT2D eigenvalue weighted by Gasteiger charge is 2.46. The summed E-state index contributed by atoms with van der Waals surface area (Å²) in [5.41, 5.74) is 13.0. The number of piperidine rings is 2. The Morgan fingerprint density at radius 2 is 1.56 bits per heavy atom. The number of halogens is 1. The summed E-state index contributed by atoms with van der Waals surface area (Å²) in [6.07, 6.45) is 10.4. The second-order valence-corrected chi connectivity index (χ2v) is 31.1. The molecule has 13 N–H and O–H groups in total. The topological polar surface area (TPSA) is 473 Å². The lowest BCUT2D eigenvalue weighted by molar-refractivity contribution is -0.172. The molecule has 1 unspecified atom stereocenters. The predicted octanol–water partition coefficient (Wildman–Crippen LogP) is 7.82. The highest BCUT2D eigenvalue weighted by molar-refractivity contribution is 7.14. The number of amides is 4. The minimum atomic E-state index is -1.86. The van der Waals surface area contributed by atoms with Gasteiger partial charge in [-0.3, -0.25) is 53.4 Å². The van der Waals surface area contributed by atoms with Crippen molar-refractivity contribution in [1.29, 1.82) is 0 Å². The van der Waals surface area contributed by atoms with Crippen LogP contribution in [0.4, 0.5) is 48.8 Å². The van der Waals surface area contributed by atoms with E-state index >= 15 is 0 Å². The SMILES string of the molecule is CCc1c2c(nc3ccc(OC(=O)N4CCC(N5CCCCC5)CC4)cc13)-c1cc3c(c(=O)n1C2)COC(=O)[C@]3(O)CC.Cc1ccc(NC(=O)c2ccc(CN3CCN(C)CC3)cc2)cc1Nc1nc(-c2cccnc2)cs1.Nc1nc2c(c(=O)[nH]1)N(C=O)C(CNc1ccc(C(=O)N[C@@H](CCC(=O)O)C(=O)O)cc1)CN2.O=c1[nH]cc(F)c(=O)[nH]1. The summed E-state index contributed by atoms with van der Waals surface area (Å²) >= 11 is 1.54. The molecule has 3 saturated heterocycles. The van der Waals surface area contributed by atoms with Gasteiger partial charge in [-0.05, 0) is 174 Å². The number of hydrogen-bond acceptors (Lipinski definition) is 26. The van der Waals surface area contributed by atoms with Crippen molar-refractivity contribution >= 4 is 104 Å². The maximum Gasteiger partial charge on any atom is 0.415 e. The quantitative estimate of drug-likeness (QED) is 0.0241. The van der Waals surface area contributed by atoms with Crippen molar-refractivity contribution in [2.45, 2.75) is 122 Å². The third kappa shape index (κ3) is 20.4. The summed E-state index contributed by atoms with van der Waals surface area (Å²) in [6.45, 7) is 15.5. The first-order valence-electron chi connectivity index (χ1n) is 40.1. The number of benzene rings is 4. The monoisotopic (exact) mass is 1690 g/mol. The van der Waals surface area contributed by atoms with Crippen LogP contribution < -0.4 is 64.3 Å². The van der Waals surface area contributed by atoms with Gasteiger partial charge in [0.05, 0.1) is 40.7 Å². The first-order valence-corrected chi connectivity index (χ1v) is 40.9. The van der Waals surface area contributed by atoms with E-state index in [2.05, 4.69) is 87.3 Å². The number of carboxylic acids is 2. The number of likely N-dealkylation sites (N-methyl/N-ethyl adjacent to an activating group) is 1. The van der Waals surface area contributed by atoms with E-state index in [9.17, 15) is 67.3 Å². The number of nitrogens with two attached hydrogens (primary N) is 1. The van der Waals surface area contributed by atoms with Gasteiger partial charge in [-0.1, -0.05) is 38.5 Å². The molecule has 0 aliphatic carbocycles. The number of aliphatic hydroxyl groups is 1. The smallest absolute Gasteiger partial charge is 0.415 e. The fourth-order valence-electron chi connectivity index (χ4n) is 15.4. The summed E-state index contributed by atoms with van der Waals surface area (Å²) in [6, 6.07) is 29.8. The van der Waals surface area contributed by atoms with Gasteiger partial charge >= 0.3 is 29.7 Å². The van der Waals surface area contributed by atoms with Crippen molar-refractivity contribution in [3.63, 3.8) is 0 Å². The maximum absolute atomic E-state index is 13.6. The van der Waals surface area contributed by atoms with Gasteiger partial charge in [-0.25, -0.2) is 29.1 Å². The van der Waals surface area contributed by atoms with Crippen LogP contribution in [0, 0.1) is 12.7 Å². The van der Waals surface area contributed by atoms with Crippen molar-refractivity contribution in [1.82, 2.24) is 64.4 Å². The average Bonchev–Trinajstić information content (AvgIpc) is 1.54. The van der Waals surface area contributed by atoms with E-state index in [-0.39, 0.29) is 66.6 Å². The molecule has 0 saturated carbocycles. The molecule has 6 aromatic heterocycles. The van der Waals surface area contributed by atoms with Crippen LogP contribution >= 0.6 is 11.3 Å². The first-order chi connectivity index (χ1) is 58.7. The number of aliphatic carboxylic acids is 2. The van der Waals surface area contributed by atoms with Gasteiger partial charge in [-0.15, -0.1) is 11.3 Å². The molecule has 10 aromatic rings. The Hall–Kier alpha value is -13.4. The molecule has 638 valence electrons. The standard InChI is InChI=1S/C33H38N4O6.C28H30N6OS.C20H23N7O7.C4H3FN2O2/c1-3-22-23-16-21(43-32(40)36-14-10-20(11-15-36)35-12-6-5-7-13-35)8-9-27(23)34-29-24(22)18-37-28(29)17-26-25(30(37)38)19-42-31(39)33(26,41)4-2;1-20-5-10-24(16-25(20)31-28-32-26(19-36-28)23-4-3-11-29-17-23)30-27(35)22-8-6-21(7-9-22)18-34-14-12-33(2)13-15-34;21-20-25-16-15(18(32)26-20)27(9-28)12(8-23-16)7-22-11-3-1-10(2-4-11)17(31)24-13(19(33)34)5-6-14(29)30;5-2-1-6-4(9)7-3(2)8/h8-9,16-17,20,41H,3-7,10-15,18-19H2,1-2H3;3-11,16-17,19H,12-15,18H2,1-2H3,(H,30,35)(H,31,32);1-4,9,12-13,22H,5-8H2,(H,24,31)(H,29,30)(H,33,34)(H4,21,23,25,26,32);1H,(H2,6,7,8,9)/t33-;;12?,13-;/m0.0./s1. The maximum atomic E-state index is 13.6. The van der Waals surface area contributed by atoms with E-state index in [0.717, 1.165) is 101 Å². The van der Waals surface area contributed by atoms with E-state index in [1.54, 1.807) is 53.1 Å². The number of nitrogens with zero attached hydrogens (tertiary/aromatic N) is 10. The lowest BCUT2D eigenvalue weighted by Gasteiger charge is -2.39. The number of fused-ring (bicyclic) bond motifs is 6. The number of aromatic nitrogens is 8. The molecule has 12 heterocycles. The molecule has 3 fully saturated rings. The number of likely N-dealkylation sites (tertiary alicyclic amines) is 2. The van der Waals surface area contributed by atoms with Crippen LogP contribution in [0.15, 0.2) is 146 Å². The van der Waals surface area contributed by atoms with Crippen molar-refractivity contribution < 1.29 is 62.7 Å². The average molecular weight is 1690 g/mol. The van der Waals surface area contributed by atoms with Gasteiger partial charge in [0.2, 0.25) is 18.2 Å². The molecule has 4 amide bonds. The Labute approximate surface area is 701 Å². The van der Waals surface area contributed by atoms with Gasteiger partial charge in [0, 0.05) is 146 Å². The van der Waals surface area contributed by atoms with Crippen molar-refractivity contribution in [2.75, 3.05) is 104 Å². The van der Waals surface area contributed by atoms with Crippen LogP contribution in [0.2, 0.25) is 0 Å². The summed E-state index contributed by atoms with van der Waals surface area (Å²) in [4.78, 5) is 165. The van der Waals surface area contributed by atoms with Crippen molar-refractivity contribution in [2.24, 2.45) is 0 Å². The molecular weight excluding hydrogens is 1590 g/mol. The molecule has 3 atom stereocenters. The molecular formula is C85H94FN19O16S. The number of aromatic amines is 3. The van der Waals surface area contributed by atoms with Gasteiger partial charge in [0.25, 0.3) is 28.5 Å². The van der Waals surface area contributed by atoms with Crippen molar-refractivity contribution in [3.05, 3.63) is 219 Å². The van der Waals surface area contributed by atoms with Gasteiger partial charge < -0.3 is 86.3 Å². The Morgan fingerprint density at radius 3 is 2.24 bits per heavy atom. The van der Waals surface area contributed by atoms with Crippen LogP contribution in [0.1, 0.15) is 119 Å². The number of piperazine rings is 1. The number of thiazole rings is 1. The zero-order valence-corrected chi connectivity index (χ0v) is 68.3. The number of carbonyl (C=O) groups excluding carboxylic acids is 5. The Balaban J connectivity index is 0.000000151. The first kappa shape index (κ1) is 86.5. The van der Waals surface area contributed by atoms with E-state index in [4.69, 9.17) is 25.3 Å². The fraction of sp³-hybridized carbons (Fsp3) is 0.353. The summed E-state index contributed by atoms with van der Waals surface area (Å²) in [7, 11) is 2.16. The number of H-pyrrole nitrogens is 3. The zero-order chi connectivity index (χ0) is 86.5. The fourth-order valence-corrected chi connectivity index (χ4v) is 16.1. The number of cyclic esters (lactones) is 1. The second kappa shape index (κ2) is 38.8. The third-order valence-electron chi connectivity index (χ3n) is 22.3. The van der Waals surface area contributed by atoms with Crippen LogP contribution in [0.25, 0.3) is 33.5 Å². The highest BCUT2D eigenvalue weighted by Crippen LogP contribution is 2.42. The number of anilines is 7. The lowest BCUT2D eigenvalue weighted by Crippen LogP contribution is -2.50. The minimum Gasteiger partial charge on any atom is -0.481 e. The number of pyridine rings is 3. The number of nitrogen functional groups attached to an aromatic ring is 1. The summed E-state index contributed by atoms with van der Waals surface area (Å²) in [5, 5.41) is 47.5. The number of aryl methyl sites for hydroxylation is 2. The molecule has 122 heavy (non-hydrogen) atoms. The van der Waals surface area contributed by atoms with Gasteiger partial charge in [-0.2, -0.15) is 9.37 Å². The van der Waals surface area contributed by atoms with E-state index in [0.29, 0.717) is 90.8 Å². The van der Waals surface area contributed by atoms with E-state index in [1.807, 2.05) is 76.8 Å². The molecule has 6 aliphatic rings. The number of nitrogens with one attached hydrogen (secondary N) is 8. The van der Waals surface area contributed by atoms with Crippen LogP contribution in [0.5, 0.6) is 5.75 Å². The zero-order valence-electron chi connectivity index (χ0n) is 67.5. The van der Waals surface area contributed by atoms with Crippen molar-refractivity contribution in [3.8, 4) is 28.4 Å². The number of esters is 1. The van der Waals surface area contributed by atoms with Crippen LogP contribution in [0.3, 0.4) is 0 Å². The summed E-state index contributed by atoms with van der Waals surface area (Å²) in [5.74, 6) is -4.38. The highest BCUT2D eigenvalue weighted by atomic mass is 32.1. The number of rotatable bonds is 21. The number of carboxylic acid groups (broad SMARTS) is 2. The molecule has 0 radical (unpaired) electrons. The van der Waals surface area contributed by atoms with E-state index in [1.165, 1.54) is 66.3 Å². The minimum absolute atomic E-state index is 0.0603. The summed E-state index contributed by atoms with van der Waals surface area (Å²) < 4.78 is 24.7. The van der Waals surface area contributed by atoms with Gasteiger partial charge in [0.1, 0.15) is 18.4 Å². The van der Waals surface area contributed by atoms with Crippen LogP contribution in [-0.4, -0.2) is 207 Å². The molecule has 37 heteroatoms. The molecule has 0 bridgehead atoms. The Bertz CT molecular complexity index is 5790. The number of hydrogen-bond donors (Lipinski definition) is 12. The molecule has 35 nitrogen and oxygen atoms in total. The Kier molecular flexibility index (Phi) is 27.5. The molecule has 6 aliphatic heterocycles. The number of ether oxygens (including phenoxy) is 2. The Morgan fingerprint density at radius 1 is 0.828 bits per heavy atom. The number of carbonyl (C=O) groups is 7. The van der Waals surface area contributed by atoms with E-state index < -0.39 is 70.5 Å². The largest absolute Gasteiger partial charge is 0.481 e. The lowest BCUT2D eigenvalue weighted by atomic mass is 9.86. The predicted molar refractivity (Wildman–Crippen MR) is 455 cm³/mol. The third-order valence-corrected chi connectivity index (χ3v) is 23.0.